The molecule has 1 aromatic rings. The van der Waals surface area contributed by atoms with Gasteiger partial charge in [0.15, 0.2) is 0 Å². The monoisotopic (exact) mass is 291 g/mol. The number of ether oxygens (including phenoxy) is 1. The Morgan fingerprint density at radius 2 is 2.33 bits per heavy atom. The average molecular weight is 291 g/mol. The van der Waals surface area contributed by atoms with E-state index in [2.05, 4.69) is 10.6 Å². The first kappa shape index (κ1) is 15.6. The van der Waals surface area contributed by atoms with Crippen LogP contribution >= 0.6 is 0 Å². The van der Waals surface area contributed by atoms with Gasteiger partial charge in [0.2, 0.25) is 0 Å². The Labute approximate surface area is 126 Å². The van der Waals surface area contributed by atoms with Crippen molar-refractivity contribution in [1.82, 2.24) is 10.2 Å². The lowest BCUT2D eigenvalue weighted by atomic mass is 10.0. The normalized spacial score (nSPS) is 18.1. The van der Waals surface area contributed by atoms with Crippen LogP contribution in [0.15, 0.2) is 24.3 Å². The number of carbonyl (C=O) groups excluding carboxylic acids is 1. The number of piperidine rings is 1. The van der Waals surface area contributed by atoms with Gasteiger partial charge >= 0.3 is 6.03 Å². The van der Waals surface area contributed by atoms with E-state index in [9.17, 15) is 4.79 Å². The fourth-order valence-electron chi connectivity index (χ4n) is 2.54. The van der Waals surface area contributed by atoms with Crippen LogP contribution in [0.3, 0.4) is 0 Å². The average Bonchev–Trinajstić information content (AvgIpc) is 2.53. The van der Waals surface area contributed by atoms with Crippen LogP contribution in [0.25, 0.3) is 0 Å². The summed E-state index contributed by atoms with van der Waals surface area (Å²) in [6.07, 6.45) is 4.77. The van der Waals surface area contributed by atoms with Crippen molar-refractivity contribution < 1.29 is 9.53 Å². The van der Waals surface area contributed by atoms with Gasteiger partial charge < -0.3 is 20.3 Å². The maximum absolute atomic E-state index is 12.1. The van der Waals surface area contributed by atoms with Gasteiger partial charge in [0, 0.05) is 31.4 Å². The molecule has 2 amide bonds. The predicted molar refractivity (Wildman–Crippen MR) is 84.9 cm³/mol. The van der Waals surface area contributed by atoms with Gasteiger partial charge in [-0.15, -0.1) is 0 Å². The van der Waals surface area contributed by atoms with Crippen LogP contribution in [0, 0.1) is 0 Å². The highest BCUT2D eigenvalue weighted by Crippen LogP contribution is 2.17. The Bertz CT molecular complexity index is 459. The number of carbonyl (C=O) groups is 1. The molecule has 0 aliphatic carbocycles. The van der Waals surface area contributed by atoms with E-state index in [1.54, 1.807) is 12.0 Å². The second-order valence-corrected chi connectivity index (χ2v) is 5.52. The molecule has 1 heterocycles. The maximum atomic E-state index is 12.1. The minimum absolute atomic E-state index is 0.0842. The van der Waals surface area contributed by atoms with Gasteiger partial charge in [-0.25, -0.2) is 4.79 Å². The number of anilines is 1. The third-order valence-electron chi connectivity index (χ3n) is 3.89. The molecule has 1 saturated heterocycles. The van der Waals surface area contributed by atoms with Crippen molar-refractivity contribution in [2.75, 3.05) is 32.6 Å². The molecule has 5 nitrogen and oxygen atoms in total. The van der Waals surface area contributed by atoms with Gasteiger partial charge in [-0.2, -0.15) is 0 Å². The van der Waals surface area contributed by atoms with Crippen LogP contribution < -0.4 is 15.4 Å². The van der Waals surface area contributed by atoms with Crippen LogP contribution in [0.1, 0.15) is 25.7 Å². The molecule has 0 aromatic heterocycles. The number of urea groups is 1. The fourth-order valence-corrected chi connectivity index (χ4v) is 2.54. The first-order chi connectivity index (χ1) is 10.2. The van der Waals surface area contributed by atoms with Crippen molar-refractivity contribution >= 4 is 11.7 Å². The van der Waals surface area contributed by atoms with E-state index < -0.39 is 0 Å². The zero-order valence-electron chi connectivity index (χ0n) is 12.9. The molecule has 1 aliphatic rings. The molecule has 1 unspecified atom stereocenters. The van der Waals surface area contributed by atoms with Crippen molar-refractivity contribution in [3.63, 3.8) is 0 Å². The second-order valence-electron chi connectivity index (χ2n) is 5.52. The summed E-state index contributed by atoms with van der Waals surface area (Å²) in [7, 11) is 3.45. The van der Waals surface area contributed by atoms with E-state index in [4.69, 9.17) is 4.74 Å². The molecule has 21 heavy (non-hydrogen) atoms. The highest BCUT2D eigenvalue weighted by atomic mass is 16.5. The number of amides is 2. The molecule has 1 atom stereocenters. The zero-order chi connectivity index (χ0) is 15.1. The summed E-state index contributed by atoms with van der Waals surface area (Å²) in [5.74, 6) is 0.738. The number of methoxy groups -OCH3 is 1. The van der Waals surface area contributed by atoms with E-state index in [0.29, 0.717) is 6.04 Å². The summed E-state index contributed by atoms with van der Waals surface area (Å²) >= 11 is 0. The molecule has 0 bridgehead atoms. The smallest absolute Gasteiger partial charge is 0.321 e. The van der Waals surface area contributed by atoms with Gasteiger partial charge in [0.05, 0.1) is 7.11 Å². The van der Waals surface area contributed by atoms with E-state index in [-0.39, 0.29) is 6.03 Å². The molecule has 1 fully saturated rings. The molecule has 0 spiro atoms. The molecular weight excluding hydrogens is 266 g/mol. The minimum Gasteiger partial charge on any atom is -0.497 e. The molecule has 2 N–H and O–H groups in total. The Hall–Kier alpha value is -1.75. The van der Waals surface area contributed by atoms with Crippen LogP contribution in [0.5, 0.6) is 5.75 Å². The van der Waals surface area contributed by atoms with Gasteiger partial charge in [-0.3, -0.25) is 0 Å². The highest BCUT2D eigenvalue weighted by Gasteiger charge is 2.15. The highest BCUT2D eigenvalue weighted by molar-refractivity contribution is 5.89. The Morgan fingerprint density at radius 3 is 3.05 bits per heavy atom. The molecule has 0 radical (unpaired) electrons. The lowest BCUT2D eigenvalue weighted by Crippen LogP contribution is -2.39. The Balaban J connectivity index is 1.78. The summed E-state index contributed by atoms with van der Waals surface area (Å²) < 4.78 is 5.15. The van der Waals surface area contributed by atoms with Crippen molar-refractivity contribution in [2.24, 2.45) is 0 Å². The molecule has 1 aromatic carbocycles. The molecule has 5 heteroatoms. The lowest BCUT2D eigenvalue weighted by molar-refractivity contribution is 0.218. The summed E-state index contributed by atoms with van der Waals surface area (Å²) in [6.45, 7) is 1.86. The molecular formula is C16H25N3O2. The SMILES string of the molecule is COc1cccc(NC(=O)N(C)CCC2CCCCN2)c1. The predicted octanol–water partition coefficient (Wildman–Crippen LogP) is 2.69. The Kier molecular flexibility index (Phi) is 5.87. The molecule has 116 valence electrons. The van der Waals surface area contributed by atoms with Crippen LogP contribution in [0.4, 0.5) is 10.5 Å². The molecule has 1 aliphatic heterocycles. The van der Waals surface area contributed by atoms with Gasteiger partial charge in [-0.05, 0) is 37.9 Å². The van der Waals surface area contributed by atoms with Crippen molar-refractivity contribution in [2.45, 2.75) is 31.7 Å². The summed E-state index contributed by atoms with van der Waals surface area (Å²) in [6, 6.07) is 7.85. The third-order valence-corrected chi connectivity index (χ3v) is 3.89. The fraction of sp³-hybridized carbons (Fsp3) is 0.562. The Morgan fingerprint density at radius 1 is 1.48 bits per heavy atom. The molecule has 0 saturated carbocycles. The maximum Gasteiger partial charge on any atom is 0.321 e. The second kappa shape index (κ2) is 7.88. The van der Waals surface area contributed by atoms with Crippen molar-refractivity contribution in [3.05, 3.63) is 24.3 Å². The van der Waals surface area contributed by atoms with E-state index in [0.717, 1.165) is 30.9 Å². The van der Waals surface area contributed by atoms with Gasteiger partial charge in [0.25, 0.3) is 0 Å². The number of rotatable bonds is 5. The summed E-state index contributed by atoms with van der Waals surface area (Å²) in [5.41, 5.74) is 0.752. The molecule has 2 rings (SSSR count). The number of hydrogen-bond acceptors (Lipinski definition) is 3. The van der Waals surface area contributed by atoms with Crippen LogP contribution in [-0.4, -0.2) is 44.2 Å². The quantitative estimate of drug-likeness (QED) is 0.877. The number of hydrogen-bond donors (Lipinski definition) is 2. The number of nitrogens with one attached hydrogen (secondary N) is 2. The van der Waals surface area contributed by atoms with Crippen LogP contribution in [0.2, 0.25) is 0 Å². The third kappa shape index (κ3) is 4.93. The minimum atomic E-state index is -0.0842. The van der Waals surface area contributed by atoms with E-state index in [1.165, 1.54) is 19.3 Å². The van der Waals surface area contributed by atoms with Crippen LogP contribution in [-0.2, 0) is 0 Å². The standard InChI is InChI=1S/C16H25N3O2/c1-19(11-9-13-6-3-4-10-17-13)16(20)18-14-7-5-8-15(12-14)21-2/h5,7-8,12-13,17H,3-4,6,9-11H2,1-2H3,(H,18,20). The van der Waals surface area contributed by atoms with Crippen molar-refractivity contribution in [1.29, 1.82) is 0 Å². The van der Waals surface area contributed by atoms with Gasteiger partial charge in [0.1, 0.15) is 5.75 Å². The first-order valence-electron chi connectivity index (χ1n) is 7.58. The first-order valence-corrected chi connectivity index (χ1v) is 7.58. The number of nitrogens with zero attached hydrogens (tertiary/aromatic N) is 1. The summed E-state index contributed by atoms with van der Waals surface area (Å²) in [5, 5.41) is 6.39. The lowest BCUT2D eigenvalue weighted by Gasteiger charge is -2.26. The topological polar surface area (TPSA) is 53.6 Å². The zero-order valence-corrected chi connectivity index (χ0v) is 12.9. The van der Waals surface area contributed by atoms with E-state index >= 15 is 0 Å². The summed E-state index contributed by atoms with van der Waals surface area (Å²) in [4.78, 5) is 13.9. The largest absolute Gasteiger partial charge is 0.497 e. The van der Waals surface area contributed by atoms with Crippen molar-refractivity contribution in [3.8, 4) is 5.75 Å². The number of benzene rings is 1. The van der Waals surface area contributed by atoms with E-state index in [1.807, 2.05) is 31.3 Å². The van der Waals surface area contributed by atoms with Gasteiger partial charge in [-0.1, -0.05) is 12.5 Å².